The van der Waals surface area contributed by atoms with Crippen molar-refractivity contribution in [1.29, 1.82) is 0 Å². The Kier molecular flexibility index (Phi) is 23.2. The number of nitrogens with one attached hydrogen (secondary N) is 1. The first kappa shape index (κ1) is 21.3. The van der Waals surface area contributed by atoms with Crippen LogP contribution in [-0.4, -0.2) is 36.9 Å². The summed E-state index contributed by atoms with van der Waals surface area (Å²) in [5, 5.41) is 12.0. The first-order valence-electron chi connectivity index (χ1n) is 5.54. The largest absolute Gasteiger partial charge is 1.00 e. The van der Waals surface area contributed by atoms with Gasteiger partial charge in [-0.25, -0.2) is 0 Å². The second kappa shape index (κ2) is 17.4. The zero-order valence-corrected chi connectivity index (χ0v) is 11.9. The molecule has 2 N–H and O–H groups in total. The zero-order chi connectivity index (χ0) is 12.1. The van der Waals surface area contributed by atoms with Crippen molar-refractivity contribution in [2.24, 2.45) is 0 Å². The van der Waals surface area contributed by atoms with E-state index >= 15 is 0 Å². The standard InChI is InChI=1S/C5H11NO.C4H7O2.C2H6.Ag/c7-5-1-3-6-4-2-5;1-3-6-4(2)5;1-2;/h5-7H,1-4H2;2-3H2,1H3;1-2H3;/q;-1;;+1. The number of carbonyl (C=O) groups excluding carboxylic acids is 1. The molecule has 0 spiro atoms. The Hall–Kier alpha value is 0.000260. The van der Waals surface area contributed by atoms with Crippen molar-refractivity contribution in [3.05, 3.63) is 6.92 Å². The Labute approximate surface area is 115 Å². The molecule has 0 bridgehead atoms. The van der Waals surface area contributed by atoms with Crippen LogP contribution in [0.4, 0.5) is 0 Å². The number of aliphatic hydroxyl groups is 1. The Balaban J connectivity index is -0.000000175. The number of aliphatic hydroxyl groups excluding tert-OH is 1. The van der Waals surface area contributed by atoms with Gasteiger partial charge in [0.1, 0.15) is 0 Å². The average molecular weight is 326 g/mol. The third-order valence-electron chi connectivity index (χ3n) is 1.61. The number of ether oxygens (including phenoxy) is 1. The number of carbonyl (C=O) groups is 1. The number of piperidine rings is 1. The van der Waals surface area contributed by atoms with Gasteiger partial charge in [-0.05, 0) is 32.9 Å². The summed E-state index contributed by atoms with van der Waals surface area (Å²) in [4.78, 5) is 9.71. The summed E-state index contributed by atoms with van der Waals surface area (Å²) in [5.41, 5.74) is 0. The number of rotatable bonds is 1. The smallest absolute Gasteiger partial charge is 0.489 e. The molecule has 102 valence electrons. The Morgan fingerprint density at radius 2 is 1.88 bits per heavy atom. The second-order valence-electron chi connectivity index (χ2n) is 2.79. The summed E-state index contributed by atoms with van der Waals surface area (Å²) in [6.45, 7) is 11.1. The molecule has 1 rings (SSSR count). The van der Waals surface area contributed by atoms with E-state index in [9.17, 15) is 4.79 Å². The van der Waals surface area contributed by atoms with Crippen LogP contribution in [0.25, 0.3) is 0 Å². The van der Waals surface area contributed by atoms with Gasteiger partial charge < -0.3 is 15.2 Å². The normalized spacial score (nSPS) is 14.2. The first-order chi connectivity index (χ1) is 7.16. The van der Waals surface area contributed by atoms with Crippen molar-refractivity contribution < 1.29 is 37.0 Å². The van der Waals surface area contributed by atoms with Crippen LogP contribution < -0.4 is 5.32 Å². The molecule has 0 aromatic rings. The molecule has 0 amide bonds. The van der Waals surface area contributed by atoms with E-state index in [1.807, 2.05) is 13.8 Å². The summed E-state index contributed by atoms with van der Waals surface area (Å²) in [5.74, 6) is -0.461. The van der Waals surface area contributed by atoms with Crippen LogP contribution >= 0.6 is 0 Å². The number of esters is 1. The molecule has 1 aliphatic rings. The van der Waals surface area contributed by atoms with Crippen LogP contribution in [0.3, 0.4) is 0 Å². The third kappa shape index (κ3) is 19.6. The Bertz CT molecular complexity index is 139. The van der Waals surface area contributed by atoms with Crippen molar-refractivity contribution >= 4 is 5.97 Å². The van der Waals surface area contributed by atoms with Crippen molar-refractivity contribution in [1.82, 2.24) is 5.32 Å². The van der Waals surface area contributed by atoms with Crippen LogP contribution in [0, 0.1) is 6.92 Å². The van der Waals surface area contributed by atoms with Gasteiger partial charge in [-0.1, -0.05) is 13.8 Å². The van der Waals surface area contributed by atoms with E-state index in [-0.39, 0.29) is 28.5 Å². The molecule has 0 unspecified atom stereocenters. The van der Waals surface area contributed by atoms with E-state index in [1.54, 1.807) is 6.92 Å². The van der Waals surface area contributed by atoms with Gasteiger partial charge in [0.05, 0.1) is 12.7 Å². The maximum absolute atomic E-state index is 9.71. The van der Waals surface area contributed by atoms with Gasteiger partial charge in [-0.2, -0.15) is 0 Å². The quantitative estimate of drug-likeness (QED) is 0.431. The maximum Gasteiger partial charge on any atom is 1.00 e. The van der Waals surface area contributed by atoms with Gasteiger partial charge in [0.2, 0.25) is 0 Å². The molecule has 1 aliphatic heterocycles. The van der Waals surface area contributed by atoms with Gasteiger partial charge >= 0.3 is 22.4 Å². The van der Waals surface area contributed by atoms with E-state index < -0.39 is 5.97 Å². The minimum absolute atomic E-state index is 0. The van der Waals surface area contributed by atoms with E-state index in [0.29, 0.717) is 6.61 Å². The van der Waals surface area contributed by atoms with Gasteiger partial charge in [0, 0.05) is 0 Å². The fourth-order valence-corrected chi connectivity index (χ4v) is 0.968. The number of hydrogen-bond donors (Lipinski definition) is 2. The zero-order valence-electron chi connectivity index (χ0n) is 10.4. The Morgan fingerprint density at radius 1 is 1.44 bits per heavy atom. The van der Waals surface area contributed by atoms with E-state index in [4.69, 9.17) is 5.11 Å². The summed E-state index contributed by atoms with van der Waals surface area (Å²) in [6, 6.07) is 0. The fraction of sp³-hybridized carbons (Fsp3) is 0.818. The van der Waals surface area contributed by atoms with Crippen LogP contribution in [0.15, 0.2) is 0 Å². The second-order valence-corrected chi connectivity index (χ2v) is 2.79. The summed E-state index contributed by atoms with van der Waals surface area (Å²) in [7, 11) is 0. The molecule has 0 aliphatic carbocycles. The van der Waals surface area contributed by atoms with Gasteiger partial charge in [0.25, 0.3) is 0 Å². The van der Waals surface area contributed by atoms with Crippen LogP contribution in [-0.2, 0) is 31.9 Å². The third-order valence-corrected chi connectivity index (χ3v) is 1.61. The molecular weight excluding hydrogens is 302 g/mol. The topological polar surface area (TPSA) is 58.6 Å². The Morgan fingerprint density at radius 3 is 2.00 bits per heavy atom. The summed E-state index contributed by atoms with van der Waals surface area (Å²) in [6.07, 6.45) is 1.83. The predicted molar refractivity (Wildman–Crippen MR) is 61.4 cm³/mol. The van der Waals surface area contributed by atoms with Crippen LogP contribution in [0.2, 0.25) is 0 Å². The molecule has 5 heteroatoms. The van der Waals surface area contributed by atoms with Crippen LogP contribution in [0.5, 0.6) is 0 Å². The molecule has 1 fully saturated rings. The molecule has 0 aromatic carbocycles. The first-order valence-corrected chi connectivity index (χ1v) is 5.54. The molecule has 1 saturated heterocycles. The van der Waals surface area contributed by atoms with E-state index in [2.05, 4.69) is 17.0 Å². The minimum Gasteiger partial charge on any atom is -0.489 e. The monoisotopic (exact) mass is 325 g/mol. The van der Waals surface area contributed by atoms with Crippen molar-refractivity contribution in [3.8, 4) is 0 Å². The minimum atomic E-state index is -0.461. The van der Waals surface area contributed by atoms with Crippen molar-refractivity contribution in [2.45, 2.75) is 39.7 Å². The summed E-state index contributed by atoms with van der Waals surface area (Å²) >= 11 is 0. The molecule has 1 heterocycles. The SMILES string of the molecule is CC.OC1CCNCC1.[Ag+].[CH2-]C(=O)OCC. The van der Waals surface area contributed by atoms with Crippen LogP contribution in [0.1, 0.15) is 33.6 Å². The van der Waals surface area contributed by atoms with Crippen molar-refractivity contribution in [3.63, 3.8) is 0 Å². The molecule has 0 atom stereocenters. The molecule has 4 nitrogen and oxygen atoms in total. The van der Waals surface area contributed by atoms with Gasteiger partial charge in [0.15, 0.2) is 5.97 Å². The molecule has 16 heavy (non-hydrogen) atoms. The van der Waals surface area contributed by atoms with Gasteiger partial charge in [-0.15, -0.1) is 0 Å². The van der Waals surface area contributed by atoms with Gasteiger partial charge in [-0.3, -0.25) is 11.7 Å². The maximum atomic E-state index is 9.71. The summed E-state index contributed by atoms with van der Waals surface area (Å²) < 4.78 is 4.29. The molecule has 0 saturated carbocycles. The fourth-order valence-electron chi connectivity index (χ4n) is 0.968. The van der Waals surface area contributed by atoms with Crippen molar-refractivity contribution in [2.75, 3.05) is 19.7 Å². The molecular formula is C11H24AgNO3. The van der Waals surface area contributed by atoms with E-state index in [0.717, 1.165) is 25.9 Å². The average Bonchev–Trinajstić information content (AvgIpc) is 2.22. The predicted octanol–water partition coefficient (Wildman–Crippen LogP) is 1.14. The molecule has 0 aromatic heterocycles. The number of hydrogen-bond acceptors (Lipinski definition) is 4. The van der Waals surface area contributed by atoms with E-state index in [1.165, 1.54) is 0 Å². The molecule has 0 radical (unpaired) electrons.